The molecule has 0 saturated heterocycles. The van der Waals surface area contributed by atoms with E-state index < -0.39 is 22.5 Å². The zero-order valence-corrected chi connectivity index (χ0v) is 14.4. The van der Waals surface area contributed by atoms with Crippen LogP contribution < -0.4 is 0 Å². The van der Waals surface area contributed by atoms with Crippen LogP contribution in [0.2, 0.25) is 0 Å². The van der Waals surface area contributed by atoms with Crippen molar-refractivity contribution in [2.75, 3.05) is 24.6 Å². The first kappa shape index (κ1) is 20.1. The van der Waals surface area contributed by atoms with Gasteiger partial charge in [0.05, 0.1) is 0 Å². The molecule has 0 fully saturated rings. The second-order valence-corrected chi connectivity index (χ2v) is 13.2. The van der Waals surface area contributed by atoms with Crippen LogP contribution in [-0.2, 0) is 14.1 Å². The Morgan fingerprint density at radius 3 is 1.70 bits per heavy atom. The standard InChI is InChI=1S/C12H26F3O3PS/c1-5-9-10-11-19(6-2,7-3,8-4)18-20(16,17)12(13,14)15/h5-11H2,1-4H3. The van der Waals surface area contributed by atoms with Crippen LogP contribution in [0.3, 0.4) is 0 Å². The normalized spacial score (nSPS) is 15.8. The average Bonchev–Trinajstić information content (AvgIpc) is 2.37. The molecule has 0 aromatic heterocycles. The second-order valence-electron chi connectivity index (χ2n) is 5.21. The molecule has 0 rings (SSSR count). The number of hydrogen-bond donors (Lipinski definition) is 0. The molecule has 124 valence electrons. The van der Waals surface area contributed by atoms with Crippen molar-refractivity contribution in [1.82, 2.24) is 0 Å². The van der Waals surface area contributed by atoms with Crippen molar-refractivity contribution in [2.24, 2.45) is 0 Å². The topological polar surface area (TPSA) is 43.4 Å². The fourth-order valence-corrected chi connectivity index (χ4v) is 9.86. The SMILES string of the molecule is CCCCCP(CC)(CC)(CC)OS(=O)(=O)C(F)(F)F. The summed E-state index contributed by atoms with van der Waals surface area (Å²) in [7, 11) is -5.53. The molecule has 0 radical (unpaired) electrons. The summed E-state index contributed by atoms with van der Waals surface area (Å²) >= 11 is 0. The summed E-state index contributed by atoms with van der Waals surface area (Å²) in [4.78, 5) is 0. The maximum absolute atomic E-state index is 12.6. The molecule has 8 heteroatoms. The molecule has 0 heterocycles. The Balaban J connectivity index is 5.55. The van der Waals surface area contributed by atoms with Gasteiger partial charge in [-0.1, -0.05) is 0 Å². The summed E-state index contributed by atoms with van der Waals surface area (Å²) in [6.45, 7) is 3.87. The molecule has 0 aromatic carbocycles. The van der Waals surface area contributed by atoms with Crippen LogP contribution in [-0.4, -0.2) is 38.6 Å². The van der Waals surface area contributed by atoms with Crippen molar-refractivity contribution in [3.8, 4) is 0 Å². The Labute approximate surface area is 120 Å². The number of rotatable bonds is 9. The van der Waals surface area contributed by atoms with E-state index in [1.807, 2.05) is 6.92 Å². The summed E-state index contributed by atoms with van der Waals surface area (Å²) in [6.07, 6.45) is 4.02. The van der Waals surface area contributed by atoms with Crippen molar-refractivity contribution in [3.05, 3.63) is 0 Å². The number of unbranched alkanes of at least 4 members (excludes halogenated alkanes) is 2. The molecular weight excluding hydrogens is 312 g/mol. The van der Waals surface area contributed by atoms with E-state index in [2.05, 4.69) is 0 Å². The van der Waals surface area contributed by atoms with Gasteiger partial charge in [-0.05, 0) is 0 Å². The molecule has 0 bridgehead atoms. The van der Waals surface area contributed by atoms with E-state index in [1.54, 1.807) is 20.8 Å². The Kier molecular flexibility index (Phi) is 6.97. The average molecular weight is 338 g/mol. The minimum atomic E-state index is -5.53. The zero-order valence-electron chi connectivity index (χ0n) is 12.7. The second kappa shape index (κ2) is 6.93. The van der Waals surface area contributed by atoms with Crippen LogP contribution in [0.1, 0.15) is 47.0 Å². The van der Waals surface area contributed by atoms with Crippen LogP contribution in [0.15, 0.2) is 0 Å². The van der Waals surface area contributed by atoms with Crippen LogP contribution in [0.4, 0.5) is 13.2 Å². The predicted octanol–water partition coefficient (Wildman–Crippen LogP) is 4.57. The first-order valence-electron chi connectivity index (χ1n) is 7.05. The summed E-state index contributed by atoms with van der Waals surface area (Å²) in [5, 5.41) is 0. The van der Waals surface area contributed by atoms with Crippen LogP contribution in [0.25, 0.3) is 0 Å². The third-order valence-corrected chi connectivity index (χ3v) is 13.6. The summed E-state index contributed by atoms with van der Waals surface area (Å²) in [5.74, 6) is 0. The molecular formula is C12H26F3O3PS. The fraction of sp³-hybridized carbons (Fsp3) is 1.00. The Bertz CT molecular complexity index is 392. The van der Waals surface area contributed by atoms with Crippen LogP contribution >= 0.6 is 6.83 Å². The van der Waals surface area contributed by atoms with Gasteiger partial charge < -0.3 is 0 Å². The van der Waals surface area contributed by atoms with Gasteiger partial charge in [-0.25, -0.2) is 0 Å². The zero-order chi connectivity index (χ0) is 16.1. The fourth-order valence-electron chi connectivity index (χ4n) is 2.42. The van der Waals surface area contributed by atoms with E-state index in [1.165, 1.54) is 0 Å². The molecule has 0 aliphatic rings. The molecule has 0 aromatic rings. The number of alkyl halides is 3. The van der Waals surface area contributed by atoms with Gasteiger partial charge in [-0.2, -0.15) is 0 Å². The van der Waals surface area contributed by atoms with Crippen LogP contribution in [0, 0.1) is 0 Å². The van der Waals surface area contributed by atoms with E-state index in [4.69, 9.17) is 3.97 Å². The number of hydrogen-bond acceptors (Lipinski definition) is 3. The van der Waals surface area contributed by atoms with E-state index in [0.29, 0.717) is 31.1 Å². The van der Waals surface area contributed by atoms with Gasteiger partial charge in [0, 0.05) is 0 Å². The monoisotopic (exact) mass is 338 g/mol. The van der Waals surface area contributed by atoms with Crippen LogP contribution in [0.5, 0.6) is 0 Å². The Morgan fingerprint density at radius 2 is 1.40 bits per heavy atom. The third kappa shape index (κ3) is 4.31. The van der Waals surface area contributed by atoms with Gasteiger partial charge in [-0.15, -0.1) is 0 Å². The van der Waals surface area contributed by atoms with Crippen molar-refractivity contribution in [1.29, 1.82) is 0 Å². The Morgan fingerprint density at radius 1 is 0.950 bits per heavy atom. The van der Waals surface area contributed by atoms with Gasteiger partial charge in [0.25, 0.3) is 0 Å². The first-order chi connectivity index (χ1) is 9.01. The summed E-state index contributed by atoms with van der Waals surface area (Å²) < 4.78 is 65.8. The maximum atomic E-state index is 12.6. The van der Waals surface area contributed by atoms with Gasteiger partial charge in [0.1, 0.15) is 0 Å². The van der Waals surface area contributed by atoms with E-state index in [-0.39, 0.29) is 0 Å². The van der Waals surface area contributed by atoms with Crippen molar-refractivity contribution >= 4 is 16.9 Å². The van der Waals surface area contributed by atoms with Gasteiger partial charge in [0.2, 0.25) is 0 Å². The number of halogens is 3. The molecule has 20 heavy (non-hydrogen) atoms. The molecule has 0 atom stereocenters. The molecule has 0 amide bonds. The first-order valence-corrected chi connectivity index (χ1v) is 11.4. The van der Waals surface area contributed by atoms with E-state index in [0.717, 1.165) is 12.8 Å². The predicted molar refractivity (Wildman–Crippen MR) is 79.0 cm³/mol. The summed E-state index contributed by atoms with van der Waals surface area (Å²) in [6, 6.07) is 0. The molecule has 0 spiro atoms. The molecule has 3 nitrogen and oxygen atoms in total. The Hall–Kier alpha value is 0.130. The van der Waals surface area contributed by atoms with E-state index >= 15 is 0 Å². The van der Waals surface area contributed by atoms with Gasteiger partial charge in [0.15, 0.2) is 0 Å². The minimum absolute atomic E-state index is 0.359. The molecule has 0 saturated carbocycles. The van der Waals surface area contributed by atoms with E-state index in [9.17, 15) is 21.6 Å². The quantitative estimate of drug-likeness (QED) is 0.351. The molecule has 0 aliphatic carbocycles. The van der Waals surface area contributed by atoms with Crippen molar-refractivity contribution in [2.45, 2.75) is 52.5 Å². The molecule has 0 aliphatic heterocycles. The molecule has 0 N–H and O–H groups in total. The molecule has 0 unspecified atom stereocenters. The third-order valence-electron chi connectivity index (χ3n) is 4.32. The van der Waals surface area contributed by atoms with Gasteiger partial charge in [-0.3, -0.25) is 0 Å². The van der Waals surface area contributed by atoms with Crippen molar-refractivity contribution in [3.63, 3.8) is 0 Å². The van der Waals surface area contributed by atoms with Gasteiger partial charge >= 0.3 is 120 Å². The summed E-state index contributed by atoms with van der Waals surface area (Å²) in [5.41, 5.74) is -5.35. The van der Waals surface area contributed by atoms with Crippen molar-refractivity contribution < 1.29 is 25.6 Å².